The van der Waals surface area contributed by atoms with Gasteiger partial charge >= 0.3 is 23.9 Å². The van der Waals surface area contributed by atoms with Crippen LogP contribution in [0.1, 0.15) is 162 Å². The fourth-order valence-corrected chi connectivity index (χ4v) is 11.1. The van der Waals surface area contributed by atoms with Gasteiger partial charge in [-0.3, -0.25) is 28.8 Å². The maximum atomic E-state index is 14.5. The minimum atomic E-state index is -2.46. The molecule has 0 radical (unpaired) electrons. The van der Waals surface area contributed by atoms with Crippen molar-refractivity contribution in [2.24, 2.45) is 0 Å². The molecule has 3 amide bonds. The topological polar surface area (TPSA) is 166 Å². The number of piperidine rings is 3. The molecule has 0 N–H and O–H groups in total. The SMILES string of the molecule is CC(=O)OC(CC(=O)OC1CC(C)(C)N(C(C)=O)C(C)(C)C1)(CC(=O)OC1CC(C)(C)N(C(C)=O)C(C)(C)C1)C(=O)OC1CC(C)(C)N(C(C)=O)C(C)(C)C1. The number of amides is 3. The number of hydrogen-bond donors (Lipinski definition) is 0. The van der Waals surface area contributed by atoms with Crippen molar-refractivity contribution in [1.29, 1.82) is 0 Å². The number of rotatable bonds is 9. The van der Waals surface area contributed by atoms with Crippen molar-refractivity contribution in [2.75, 3.05) is 0 Å². The van der Waals surface area contributed by atoms with Gasteiger partial charge in [0.25, 0.3) is 0 Å². The third-order valence-corrected chi connectivity index (χ3v) is 11.4. The van der Waals surface area contributed by atoms with Crippen LogP contribution in [0.5, 0.6) is 0 Å². The van der Waals surface area contributed by atoms with Crippen LogP contribution in [0.4, 0.5) is 0 Å². The first kappa shape index (κ1) is 45.7. The number of nitrogens with zero attached hydrogens (tertiary/aromatic N) is 3. The quantitative estimate of drug-likeness (QED) is 0.217. The molecule has 0 aromatic carbocycles. The molecular weight excluding hydrogens is 710 g/mol. The highest BCUT2D eigenvalue weighted by molar-refractivity contribution is 5.92. The third kappa shape index (κ3) is 10.2. The number of esters is 4. The van der Waals surface area contributed by atoms with E-state index in [0.717, 1.165) is 6.92 Å². The summed E-state index contributed by atoms with van der Waals surface area (Å²) in [5, 5.41) is 0. The Kier molecular flexibility index (Phi) is 12.7. The second-order valence-corrected chi connectivity index (χ2v) is 19.9. The molecule has 0 aliphatic carbocycles. The molecular formula is C41H67N3O11. The largest absolute Gasteiger partial charge is 0.462 e. The number of hydrogen-bond acceptors (Lipinski definition) is 11. The van der Waals surface area contributed by atoms with Crippen molar-refractivity contribution < 1.29 is 52.5 Å². The smallest absolute Gasteiger partial charge is 0.352 e. The molecule has 3 aliphatic heterocycles. The molecule has 0 aromatic rings. The number of likely N-dealkylation sites (tertiary alicyclic amines) is 3. The van der Waals surface area contributed by atoms with E-state index in [-0.39, 0.29) is 30.6 Å². The van der Waals surface area contributed by atoms with Gasteiger partial charge in [0.05, 0.1) is 12.8 Å². The highest BCUT2D eigenvalue weighted by Gasteiger charge is 2.55. The van der Waals surface area contributed by atoms with Crippen LogP contribution in [0.15, 0.2) is 0 Å². The van der Waals surface area contributed by atoms with Gasteiger partial charge in [-0.1, -0.05) is 0 Å². The lowest BCUT2D eigenvalue weighted by Gasteiger charge is -2.55. The van der Waals surface area contributed by atoms with E-state index in [9.17, 15) is 33.6 Å². The molecule has 3 saturated heterocycles. The van der Waals surface area contributed by atoms with Crippen LogP contribution in [0.2, 0.25) is 0 Å². The molecule has 0 bridgehead atoms. The summed E-state index contributed by atoms with van der Waals surface area (Å²) >= 11 is 0. The van der Waals surface area contributed by atoms with Crippen LogP contribution in [-0.2, 0) is 52.5 Å². The number of carbonyl (C=O) groups is 7. The summed E-state index contributed by atoms with van der Waals surface area (Å²) in [4.78, 5) is 98.5. The van der Waals surface area contributed by atoms with E-state index in [1.54, 1.807) is 14.7 Å². The molecule has 3 heterocycles. The Morgan fingerprint density at radius 2 is 0.691 bits per heavy atom. The van der Waals surface area contributed by atoms with Crippen LogP contribution in [0, 0.1) is 0 Å². The van der Waals surface area contributed by atoms with Crippen LogP contribution < -0.4 is 0 Å². The summed E-state index contributed by atoms with van der Waals surface area (Å²) in [7, 11) is 0. The van der Waals surface area contributed by atoms with Crippen LogP contribution >= 0.6 is 0 Å². The van der Waals surface area contributed by atoms with Crippen molar-refractivity contribution in [3.05, 3.63) is 0 Å². The Hall–Kier alpha value is -3.71. The van der Waals surface area contributed by atoms with Crippen LogP contribution in [0.25, 0.3) is 0 Å². The fraction of sp³-hybridized carbons (Fsp3) is 0.829. The number of ether oxygens (including phenoxy) is 4. The van der Waals surface area contributed by atoms with E-state index < -0.39 is 93.9 Å². The van der Waals surface area contributed by atoms with E-state index >= 15 is 0 Å². The van der Waals surface area contributed by atoms with Gasteiger partial charge in [-0.05, 0) is 83.1 Å². The maximum absolute atomic E-state index is 14.5. The van der Waals surface area contributed by atoms with Crippen molar-refractivity contribution in [3.63, 3.8) is 0 Å². The Balaban J connectivity index is 2.00. The van der Waals surface area contributed by atoms with Crippen molar-refractivity contribution in [2.45, 2.75) is 219 Å². The Morgan fingerprint density at radius 1 is 0.455 bits per heavy atom. The van der Waals surface area contributed by atoms with Gasteiger partial charge in [-0.15, -0.1) is 0 Å². The second kappa shape index (κ2) is 15.3. The summed E-state index contributed by atoms with van der Waals surface area (Å²) in [6, 6.07) is 0. The molecule has 3 fully saturated rings. The lowest BCUT2D eigenvalue weighted by Crippen LogP contribution is -2.64. The standard InChI is InChI=1S/C41H67N3O11/c1-25(45)42-35(5,6)17-29(18-36(42,7)8)52-32(49)23-41(55-28(4)48,34(51)54-31-21-39(13,14)44(27(3)47)40(15,16)22-31)24-33(50)53-30-19-37(9,10)43(26(2)46)38(11,12)20-30/h29-31H,17-24H2,1-16H3. The molecule has 0 unspecified atom stereocenters. The van der Waals surface area contributed by atoms with Crippen molar-refractivity contribution in [1.82, 2.24) is 14.7 Å². The van der Waals surface area contributed by atoms with Crippen molar-refractivity contribution >= 4 is 41.6 Å². The summed E-state index contributed by atoms with van der Waals surface area (Å²) in [6.45, 7) is 28.1. The highest BCUT2D eigenvalue weighted by atomic mass is 16.6. The van der Waals surface area contributed by atoms with Crippen LogP contribution in [-0.4, -0.2) is 113 Å². The van der Waals surface area contributed by atoms with Gasteiger partial charge in [0.15, 0.2) is 0 Å². The van der Waals surface area contributed by atoms with E-state index in [4.69, 9.17) is 18.9 Å². The molecule has 55 heavy (non-hydrogen) atoms. The molecule has 0 spiro atoms. The molecule has 312 valence electrons. The fourth-order valence-electron chi connectivity index (χ4n) is 11.1. The van der Waals surface area contributed by atoms with Crippen molar-refractivity contribution in [3.8, 4) is 0 Å². The zero-order valence-corrected chi connectivity index (χ0v) is 36.2. The van der Waals surface area contributed by atoms with Gasteiger partial charge in [0.2, 0.25) is 23.3 Å². The lowest BCUT2D eigenvalue weighted by molar-refractivity contribution is -0.202. The summed E-state index contributed by atoms with van der Waals surface area (Å²) in [5.41, 5.74) is -6.64. The minimum Gasteiger partial charge on any atom is -0.462 e. The Labute approximate surface area is 327 Å². The summed E-state index contributed by atoms with van der Waals surface area (Å²) in [5.74, 6) is -4.21. The zero-order chi connectivity index (χ0) is 42.5. The first-order chi connectivity index (χ1) is 24.7. The van der Waals surface area contributed by atoms with E-state index in [0.29, 0.717) is 25.7 Å². The van der Waals surface area contributed by atoms with E-state index in [2.05, 4.69) is 0 Å². The second-order valence-electron chi connectivity index (χ2n) is 19.9. The highest BCUT2D eigenvalue weighted by Crippen LogP contribution is 2.43. The molecule has 3 rings (SSSR count). The van der Waals surface area contributed by atoms with Gasteiger partial charge in [0, 0.05) is 99.5 Å². The molecule has 0 atom stereocenters. The van der Waals surface area contributed by atoms with Gasteiger partial charge in [-0.2, -0.15) is 0 Å². The number of carbonyl (C=O) groups excluding carboxylic acids is 7. The summed E-state index contributed by atoms with van der Waals surface area (Å²) < 4.78 is 23.8. The molecule has 3 aliphatic rings. The molecule has 0 aromatic heterocycles. The van der Waals surface area contributed by atoms with E-state index in [1.165, 1.54) is 20.8 Å². The Bertz CT molecular complexity index is 1440. The Morgan fingerprint density at radius 3 is 0.909 bits per heavy atom. The normalized spacial score (nSPS) is 23.3. The first-order valence-electron chi connectivity index (χ1n) is 19.4. The first-order valence-corrected chi connectivity index (χ1v) is 19.4. The van der Waals surface area contributed by atoms with Gasteiger partial charge in [-0.25, -0.2) is 4.79 Å². The average molecular weight is 778 g/mol. The average Bonchev–Trinajstić information content (AvgIpc) is 2.86. The zero-order valence-electron chi connectivity index (χ0n) is 36.2. The lowest BCUT2D eigenvalue weighted by atomic mass is 9.77. The predicted octanol–water partition coefficient (Wildman–Crippen LogP) is 5.40. The van der Waals surface area contributed by atoms with Gasteiger partial charge in [0.1, 0.15) is 18.3 Å². The third-order valence-electron chi connectivity index (χ3n) is 11.4. The minimum absolute atomic E-state index is 0.117. The van der Waals surface area contributed by atoms with E-state index in [1.807, 2.05) is 83.1 Å². The maximum Gasteiger partial charge on any atom is 0.352 e. The molecule has 14 nitrogen and oxygen atoms in total. The predicted molar refractivity (Wildman–Crippen MR) is 203 cm³/mol. The summed E-state index contributed by atoms with van der Waals surface area (Å²) in [6.07, 6.45) is -2.09. The molecule has 0 saturated carbocycles. The van der Waals surface area contributed by atoms with Gasteiger partial charge < -0.3 is 33.6 Å². The molecule has 14 heteroatoms. The monoisotopic (exact) mass is 777 g/mol. The van der Waals surface area contributed by atoms with Crippen LogP contribution in [0.3, 0.4) is 0 Å².